The van der Waals surface area contributed by atoms with Gasteiger partial charge in [-0.05, 0) is 60.7 Å². The maximum absolute atomic E-state index is 13.3. The molecule has 0 amide bonds. The second-order valence-corrected chi connectivity index (χ2v) is 6.31. The first-order chi connectivity index (χ1) is 13.6. The maximum atomic E-state index is 13.3. The summed E-state index contributed by atoms with van der Waals surface area (Å²) in [5, 5.41) is 4.87. The zero-order valence-electron chi connectivity index (χ0n) is 14.4. The first-order valence-electron chi connectivity index (χ1n) is 8.36. The highest BCUT2D eigenvalue weighted by atomic mass is 35.5. The van der Waals surface area contributed by atoms with Gasteiger partial charge in [-0.15, -0.1) is 5.10 Å². The number of rotatable bonds is 4. The Morgan fingerprint density at radius 1 is 0.929 bits per heavy atom. The molecule has 138 valence electrons. The minimum atomic E-state index is -0.570. The molecule has 0 N–H and O–H groups in total. The van der Waals surface area contributed by atoms with Crippen molar-refractivity contribution in [2.45, 2.75) is 0 Å². The third-order valence-electron chi connectivity index (χ3n) is 3.95. The molecule has 1 heterocycles. The third-order valence-corrected chi connectivity index (χ3v) is 4.21. The first-order valence-corrected chi connectivity index (χ1v) is 8.74. The van der Waals surface area contributed by atoms with Crippen molar-refractivity contribution < 1.29 is 13.9 Å². The lowest BCUT2D eigenvalue weighted by atomic mass is 10.2. The fourth-order valence-electron chi connectivity index (χ4n) is 2.60. The van der Waals surface area contributed by atoms with Gasteiger partial charge in [0.15, 0.2) is 5.82 Å². The van der Waals surface area contributed by atoms with Gasteiger partial charge in [-0.2, -0.15) is 4.98 Å². The van der Waals surface area contributed by atoms with Crippen molar-refractivity contribution in [1.29, 1.82) is 0 Å². The molecule has 0 unspecified atom stereocenters. The second-order valence-electron chi connectivity index (χ2n) is 5.87. The molecule has 5 nitrogen and oxygen atoms in total. The Kier molecular flexibility index (Phi) is 4.87. The van der Waals surface area contributed by atoms with Crippen molar-refractivity contribution in [3.63, 3.8) is 0 Å². The van der Waals surface area contributed by atoms with Gasteiger partial charge >= 0.3 is 12.0 Å². The van der Waals surface area contributed by atoms with Gasteiger partial charge in [-0.1, -0.05) is 29.8 Å². The number of halogens is 2. The molecule has 28 heavy (non-hydrogen) atoms. The van der Waals surface area contributed by atoms with Crippen molar-refractivity contribution in [3.05, 3.63) is 95.3 Å². The Morgan fingerprint density at radius 3 is 2.29 bits per heavy atom. The van der Waals surface area contributed by atoms with E-state index in [1.54, 1.807) is 66.7 Å². The van der Waals surface area contributed by atoms with Gasteiger partial charge < -0.3 is 4.74 Å². The lowest BCUT2D eigenvalue weighted by molar-refractivity contribution is 0.0719. The highest BCUT2D eigenvalue weighted by Gasteiger charge is 2.18. The van der Waals surface area contributed by atoms with E-state index < -0.39 is 5.97 Å². The summed E-state index contributed by atoms with van der Waals surface area (Å²) in [7, 11) is 0. The molecule has 0 aliphatic heterocycles. The molecule has 1 aromatic heterocycles. The molecule has 0 spiro atoms. The summed E-state index contributed by atoms with van der Waals surface area (Å²) >= 11 is 5.96. The van der Waals surface area contributed by atoms with E-state index in [2.05, 4.69) is 10.1 Å². The van der Waals surface area contributed by atoms with Gasteiger partial charge in [0.1, 0.15) is 5.82 Å². The first kappa shape index (κ1) is 17.9. The SMILES string of the molecule is O=C(Oc1nc(-c2ccc(F)cc2)n(-c2ccc(Cl)cc2)n1)c1ccccc1. The van der Waals surface area contributed by atoms with Crippen LogP contribution >= 0.6 is 11.6 Å². The van der Waals surface area contributed by atoms with Gasteiger partial charge in [0.2, 0.25) is 0 Å². The van der Waals surface area contributed by atoms with Crippen LogP contribution in [0.25, 0.3) is 17.1 Å². The van der Waals surface area contributed by atoms with E-state index in [4.69, 9.17) is 16.3 Å². The summed E-state index contributed by atoms with van der Waals surface area (Å²) in [4.78, 5) is 16.6. The number of benzene rings is 3. The van der Waals surface area contributed by atoms with Crippen LogP contribution in [0.15, 0.2) is 78.9 Å². The molecule has 0 fully saturated rings. The topological polar surface area (TPSA) is 57.0 Å². The Morgan fingerprint density at radius 2 is 1.61 bits per heavy atom. The van der Waals surface area contributed by atoms with E-state index in [0.29, 0.717) is 27.7 Å². The van der Waals surface area contributed by atoms with Gasteiger partial charge in [-0.25, -0.2) is 13.9 Å². The van der Waals surface area contributed by atoms with E-state index in [1.807, 2.05) is 0 Å². The van der Waals surface area contributed by atoms with Crippen molar-refractivity contribution in [2.24, 2.45) is 0 Å². The van der Waals surface area contributed by atoms with Gasteiger partial charge in [0.05, 0.1) is 11.3 Å². The van der Waals surface area contributed by atoms with E-state index in [9.17, 15) is 9.18 Å². The van der Waals surface area contributed by atoms with Crippen LogP contribution in [-0.2, 0) is 0 Å². The van der Waals surface area contributed by atoms with Crippen LogP contribution in [0.5, 0.6) is 6.01 Å². The molecule has 0 atom stereocenters. The third kappa shape index (κ3) is 3.77. The average molecular weight is 394 g/mol. The molecular formula is C21H13ClFN3O2. The fraction of sp³-hybridized carbons (Fsp3) is 0. The standard InChI is InChI=1S/C21H13ClFN3O2/c22-16-8-12-18(13-9-16)26-19(14-6-10-17(23)11-7-14)24-21(25-26)28-20(27)15-4-2-1-3-5-15/h1-13H. The number of esters is 1. The van der Waals surface area contributed by atoms with Crippen LogP contribution in [0.4, 0.5) is 4.39 Å². The number of nitrogens with zero attached hydrogens (tertiary/aromatic N) is 3. The number of carbonyl (C=O) groups excluding carboxylic acids is 1. The van der Waals surface area contributed by atoms with Crippen LogP contribution in [0.1, 0.15) is 10.4 Å². The number of ether oxygens (including phenoxy) is 1. The molecule has 0 saturated carbocycles. The molecule has 0 aliphatic rings. The second kappa shape index (κ2) is 7.62. The van der Waals surface area contributed by atoms with Crippen molar-refractivity contribution in [2.75, 3.05) is 0 Å². The van der Waals surface area contributed by atoms with Crippen molar-refractivity contribution >= 4 is 17.6 Å². The summed E-state index contributed by atoms with van der Waals surface area (Å²) in [6.45, 7) is 0. The zero-order valence-corrected chi connectivity index (χ0v) is 15.2. The molecule has 0 radical (unpaired) electrons. The van der Waals surface area contributed by atoms with Crippen molar-refractivity contribution in [3.8, 4) is 23.1 Å². The maximum Gasteiger partial charge on any atom is 0.345 e. The largest absolute Gasteiger partial charge is 0.386 e. The molecule has 3 aromatic carbocycles. The Hall–Kier alpha value is -3.51. The molecule has 4 aromatic rings. The van der Waals surface area contributed by atoms with E-state index >= 15 is 0 Å². The normalized spacial score (nSPS) is 10.6. The zero-order chi connectivity index (χ0) is 19.5. The van der Waals surface area contributed by atoms with Crippen molar-refractivity contribution in [1.82, 2.24) is 14.8 Å². The summed E-state index contributed by atoms with van der Waals surface area (Å²) in [6.07, 6.45) is 0. The molecule has 0 saturated heterocycles. The van der Waals surface area contributed by atoms with Gasteiger partial charge in [0, 0.05) is 10.6 Å². The number of carbonyl (C=O) groups is 1. The Labute approximate surface area is 165 Å². The quantitative estimate of drug-likeness (QED) is 0.460. The fourth-order valence-corrected chi connectivity index (χ4v) is 2.73. The van der Waals surface area contributed by atoms with E-state index in [-0.39, 0.29) is 11.8 Å². The molecule has 4 rings (SSSR count). The summed E-state index contributed by atoms with van der Waals surface area (Å²) < 4.78 is 20.1. The Bertz CT molecular complexity index is 1050. The average Bonchev–Trinajstić information content (AvgIpc) is 3.13. The number of aromatic nitrogens is 3. The summed E-state index contributed by atoms with van der Waals surface area (Å²) in [5.74, 6) is -0.533. The van der Waals surface area contributed by atoms with Gasteiger partial charge in [0.25, 0.3) is 0 Å². The van der Waals surface area contributed by atoms with Crippen LogP contribution < -0.4 is 4.74 Å². The minimum absolute atomic E-state index is 0.108. The smallest absolute Gasteiger partial charge is 0.345 e. The highest BCUT2D eigenvalue weighted by Crippen LogP contribution is 2.25. The van der Waals surface area contributed by atoms with E-state index in [1.165, 1.54) is 16.8 Å². The number of hydrogen-bond donors (Lipinski definition) is 0. The van der Waals surface area contributed by atoms with Crippen LogP contribution in [-0.4, -0.2) is 20.7 Å². The lowest BCUT2D eigenvalue weighted by Crippen LogP contribution is -2.09. The van der Waals surface area contributed by atoms with Gasteiger partial charge in [-0.3, -0.25) is 0 Å². The highest BCUT2D eigenvalue weighted by molar-refractivity contribution is 6.30. The summed E-state index contributed by atoms with van der Waals surface area (Å²) in [6, 6.07) is 21.2. The van der Waals surface area contributed by atoms with Crippen LogP contribution in [0.2, 0.25) is 5.02 Å². The van der Waals surface area contributed by atoms with E-state index in [0.717, 1.165) is 0 Å². The Balaban J connectivity index is 1.74. The number of hydrogen-bond acceptors (Lipinski definition) is 4. The van der Waals surface area contributed by atoms with Crippen LogP contribution in [0.3, 0.4) is 0 Å². The molecular weight excluding hydrogens is 381 g/mol. The predicted octanol–water partition coefficient (Wildman–Crippen LogP) is 4.95. The minimum Gasteiger partial charge on any atom is -0.386 e. The van der Waals surface area contributed by atoms with Crippen LogP contribution in [0, 0.1) is 5.82 Å². The lowest BCUT2D eigenvalue weighted by Gasteiger charge is -2.05. The summed E-state index contributed by atoms with van der Waals surface area (Å²) in [5.41, 5.74) is 1.66. The monoisotopic (exact) mass is 393 g/mol. The predicted molar refractivity (Wildman–Crippen MR) is 103 cm³/mol. The molecule has 7 heteroatoms. The molecule has 0 bridgehead atoms. The molecule has 0 aliphatic carbocycles.